The molecule has 1 rings (SSSR count). The Kier molecular flexibility index (Phi) is 5.25. The van der Waals surface area contributed by atoms with Crippen LogP contribution in [0, 0.1) is 5.92 Å². The summed E-state index contributed by atoms with van der Waals surface area (Å²) in [5.74, 6) is 0.547. The van der Waals surface area contributed by atoms with Crippen molar-refractivity contribution >= 4 is 11.7 Å². The quantitative estimate of drug-likeness (QED) is 0.332. The van der Waals surface area contributed by atoms with Crippen molar-refractivity contribution < 1.29 is 10.0 Å². The highest BCUT2D eigenvalue weighted by Crippen LogP contribution is 2.24. The number of amidine groups is 1. The van der Waals surface area contributed by atoms with Gasteiger partial charge in [0.2, 0.25) is 5.91 Å². The van der Waals surface area contributed by atoms with Gasteiger partial charge in [0.15, 0.2) is 5.84 Å². The van der Waals surface area contributed by atoms with Crippen molar-refractivity contribution in [1.29, 1.82) is 0 Å². The highest BCUT2D eigenvalue weighted by atomic mass is 16.4. The number of carbonyl (C=O) groups is 1. The summed E-state index contributed by atoms with van der Waals surface area (Å²) in [5.41, 5.74) is 5.52. The van der Waals surface area contributed by atoms with Gasteiger partial charge in [-0.2, -0.15) is 0 Å². The lowest BCUT2D eigenvalue weighted by atomic mass is 10.1. The maximum atomic E-state index is 12.1. The van der Waals surface area contributed by atoms with Crippen LogP contribution in [0.5, 0.6) is 0 Å². The molecule has 0 heterocycles. The van der Waals surface area contributed by atoms with E-state index in [0.29, 0.717) is 12.3 Å². The fourth-order valence-corrected chi connectivity index (χ4v) is 2.31. The minimum atomic E-state index is 0.106. The molecule has 0 unspecified atom stereocenters. The minimum absolute atomic E-state index is 0.106. The van der Waals surface area contributed by atoms with Crippen molar-refractivity contribution in [1.82, 2.24) is 4.90 Å². The van der Waals surface area contributed by atoms with E-state index in [1.807, 2.05) is 13.8 Å². The number of nitrogens with two attached hydrogens (primary N) is 1. The average Bonchev–Trinajstić information content (AvgIpc) is 2.77. The third-order valence-electron chi connectivity index (χ3n) is 3.13. The van der Waals surface area contributed by atoms with Gasteiger partial charge >= 0.3 is 0 Å². The Bertz CT molecular complexity index is 283. The molecule has 1 aliphatic carbocycles. The van der Waals surface area contributed by atoms with Crippen molar-refractivity contribution in [2.75, 3.05) is 6.54 Å². The van der Waals surface area contributed by atoms with Gasteiger partial charge in [-0.15, -0.1) is 0 Å². The van der Waals surface area contributed by atoms with Crippen LogP contribution in [0.1, 0.15) is 46.0 Å². The number of amides is 1. The molecule has 0 spiro atoms. The first-order valence-electron chi connectivity index (χ1n) is 6.30. The van der Waals surface area contributed by atoms with E-state index < -0.39 is 0 Å². The first-order valence-corrected chi connectivity index (χ1v) is 6.30. The molecular formula is C12H23N3O2. The zero-order valence-corrected chi connectivity index (χ0v) is 10.7. The maximum absolute atomic E-state index is 12.1. The number of carbonyl (C=O) groups excluding carboxylic acids is 1. The van der Waals surface area contributed by atoms with E-state index in [0.717, 1.165) is 25.7 Å². The van der Waals surface area contributed by atoms with Crippen LogP contribution in [0.4, 0.5) is 0 Å². The zero-order valence-electron chi connectivity index (χ0n) is 10.7. The van der Waals surface area contributed by atoms with Gasteiger partial charge in [0.1, 0.15) is 0 Å². The molecule has 0 aromatic rings. The summed E-state index contributed by atoms with van der Waals surface area (Å²) in [4.78, 5) is 13.9. The lowest BCUT2D eigenvalue weighted by molar-refractivity contribution is -0.133. The third-order valence-corrected chi connectivity index (χ3v) is 3.13. The maximum Gasteiger partial charge on any atom is 0.223 e. The second kappa shape index (κ2) is 6.47. The van der Waals surface area contributed by atoms with Gasteiger partial charge in [-0.05, 0) is 18.8 Å². The molecule has 5 heteroatoms. The first-order chi connectivity index (χ1) is 8.04. The van der Waals surface area contributed by atoms with E-state index in [4.69, 9.17) is 10.9 Å². The third kappa shape index (κ3) is 4.24. The standard InChI is InChI=1S/C12H23N3O2/c1-9(2)7-12(16)15(8-11(13)14-17)10-5-3-4-6-10/h9-10,17H,3-8H2,1-2H3,(H2,13,14). The van der Waals surface area contributed by atoms with Crippen LogP contribution in [-0.2, 0) is 4.79 Å². The highest BCUT2D eigenvalue weighted by Gasteiger charge is 2.27. The molecule has 0 bridgehead atoms. The number of oxime groups is 1. The van der Waals surface area contributed by atoms with E-state index in [9.17, 15) is 4.79 Å². The Hall–Kier alpha value is -1.26. The Morgan fingerprint density at radius 3 is 2.53 bits per heavy atom. The second-order valence-corrected chi connectivity index (χ2v) is 5.15. The molecule has 1 saturated carbocycles. The number of hydrogen-bond acceptors (Lipinski definition) is 3. The van der Waals surface area contributed by atoms with Gasteiger partial charge in [0.25, 0.3) is 0 Å². The molecule has 0 atom stereocenters. The van der Waals surface area contributed by atoms with Crippen LogP contribution in [0.15, 0.2) is 5.16 Å². The van der Waals surface area contributed by atoms with Crippen LogP contribution in [-0.4, -0.2) is 34.4 Å². The zero-order chi connectivity index (χ0) is 12.8. The molecule has 1 aliphatic rings. The number of nitrogens with zero attached hydrogens (tertiary/aromatic N) is 2. The fourth-order valence-electron chi connectivity index (χ4n) is 2.31. The van der Waals surface area contributed by atoms with Gasteiger partial charge in [0, 0.05) is 12.5 Å². The fraction of sp³-hybridized carbons (Fsp3) is 0.833. The van der Waals surface area contributed by atoms with E-state index in [2.05, 4.69) is 5.16 Å². The molecule has 0 aromatic carbocycles. The Morgan fingerprint density at radius 2 is 2.06 bits per heavy atom. The number of hydrogen-bond donors (Lipinski definition) is 2. The molecule has 0 aromatic heterocycles. The van der Waals surface area contributed by atoms with Gasteiger partial charge in [0.05, 0.1) is 6.54 Å². The van der Waals surface area contributed by atoms with E-state index in [-0.39, 0.29) is 24.3 Å². The van der Waals surface area contributed by atoms with E-state index in [1.54, 1.807) is 4.90 Å². The molecule has 0 aliphatic heterocycles. The van der Waals surface area contributed by atoms with Crippen LogP contribution >= 0.6 is 0 Å². The van der Waals surface area contributed by atoms with E-state index in [1.165, 1.54) is 0 Å². The summed E-state index contributed by atoms with van der Waals surface area (Å²) in [7, 11) is 0. The summed E-state index contributed by atoms with van der Waals surface area (Å²) in [6, 6.07) is 0.265. The van der Waals surface area contributed by atoms with Gasteiger partial charge in [-0.25, -0.2) is 0 Å². The highest BCUT2D eigenvalue weighted by molar-refractivity contribution is 5.87. The Morgan fingerprint density at radius 1 is 1.47 bits per heavy atom. The predicted octanol–water partition coefficient (Wildman–Crippen LogP) is 1.55. The molecular weight excluding hydrogens is 218 g/mol. The van der Waals surface area contributed by atoms with Crippen LogP contribution < -0.4 is 5.73 Å². The molecule has 5 nitrogen and oxygen atoms in total. The van der Waals surface area contributed by atoms with Gasteiger partial charge in [-0.3, -0.25) is 4.79 Å². The Labute approximate surface area is 103 Å². The van der Waals surface area contributed by atoms with Crippen molar-refractivity contribution in [2.45, 2.75) is 52.0 Å². The molecule has 98 valence electrons. The molecule has 1 amide bonds. The molecule has 1 fully saturated rings. The SMILES string of the molecule is CC(C)CC(=O)N(CC(N)=NO)C1CCCC1. The van der Waals surface area contributed by atoms with Gasteiger partial charge < -0.3 is 15.8 Å². The summed E-state index contributed by atoms with van der Waals surface area (Å²) >= 11 is 0. The summed E-state index contributed by atoms with van der Waals surface area (Å²) in [6.07, 6.45) is 4.90. The van der Waals surface area contributed by atoms with Crippen LogP contribution in [0.3, 0.4) is 0 Å². The lowest BCUT2D eigenvalue weighted by Crippen LogP contribution is -2.44. The summed E-state index contributed by atoms with van der Waals surface area (Å²) in [5, 5.41) is 11.6. The van der Waals surface area contributed by atoms with Crippen LogP contribution in [0.25, 0.3) is 0 Å². The van der Waals surface area contributed by atoms with Gasteiger partial charge in [-0.1, -0.05) is 31.8 Å². The number of rotatable bonds is 5. The lowest BCUT2D eigenvalue weighted by Gasteiger charge is -2.29. The monoisotopic (exact) mass is 241 g/mol. The minimum Gasteiger partial charge on any atom is -0.409 e. The predicted molar refractivity (Wildman–Crippen MR) is 66.8 cm³/mol. The first kappa shape index (κ1) is 13.8. The average molecular weight is 241 g/mol. The topological polar surface area (TPSA) is 78.9 Å². The molecule has 3 N–H and O–H groups in total. The molecule has 0 saturated heterocycles. The van der Waals surface area contributed by atoms with Crippen molar-refractivity contribution in [3.63, 3.8) is 0 Å². The van der Waals surface area contributed by atoms with Crippen molar-refractivity contribution in [2.24, 2.45) is 16.8 Å². The molecule has 0 radical (unpaired) electrons. The van der Waals surface area contributed by atoms with Crippen molar-refractivity contribution in [3.05, 3.63) is 0 Å². The Balaban J connectivity index is 2.66. The smallest absolute Gasteiger partial charge is 0.223 e. The second-order valence-electron chi connectivity index (χ2n) is 5.15. The van der Waals surface area contributed by atoms with Crippen molar-refractivity contribution in [3.8, 4) is 0 Å². The van der Waals surface area contributed by atoms with E-state index >= 15 is 0 Å². The normalized spacial score (nSPS) is 17.7. The van der Waals surface area contributed by atoms with Crippen LogP contribution in [0.2, 0.25) is 0 Å². The summed E-state index contributed by atoms with van der Waals surface area (Å²) in [6.45, 7) is 4.29. The molecule has 17 heavy (non-hydrogen) atoms. The summed E-state index contributed by atoms with van der Waals surface area (Å²) < 4.78 is 0. The largest absolute Gasteiger partial charge is 0.409 e.